The first-order valence-corrected chi connectivity index (χ1v) is 18.4. The van der Waals surface area contributed by atoms with Crippen LogP contribution in [0.3, 0.4) is 0 Å². The highest BCUT2D eigenvalue weighted by Crippen LogP contribution is 2.35. The Hall–Kier alpha value is -5.16. The second-order valence-electron chi connectivity index (χ2n) is 13.0. The first-order chi connectivity index (χ1) is 25.3. The Morgan fingerprint density at radius 1 is 0.923 bits per heavy atom. The minimum atomic E-state index is -0.413. The van der Waals surface area contributed by atoms with Crippen molar-refractivity contribution in [3.05, 3.63) is 89.1 Å². The SMILES string of the molecule is CCN(CC)C(=O)CCc1ccc(Oc2nc(Nc3cccc(OCCCN4CCCCC4)c3)ncc2C(=O)Nc2c(C)cccc2C)c(OC)c1. The third kappa shape index (κ3) is 10.4. The van der Waals surface area contributed by atoms with Crippen molar-refractivity contribution in [1.82, 2.24) is 19.8 Å². The fraction of sp³-hybridized carbons (Fsp3) is 0.415. The molecule has 4 aromatic rings. The number of ether oxygens (including phenoxy) is 3. The molecule has 2 N–H and O–H groups in total. The zero-order chi connectivity index (χ0) is 36.9. The summed E-state index contributed by atoms with van der Waals surface area (Å²) in [7, 11) is 1.55. The van der Waals surface area contributed by atoms with Gasteiger partial charge in [0.1, 0.15) is 11.3 Å². The van der Waals surface area contributed by atoms with E-state index in [1.807, 2.05) is 87.2 Å². The van der Waals surface area contributed by atoms with E-state index in [9.17, 15) is 9.59 Å². The molecule has 52 heavy (non-hydrogen) atoms. The second kappa shape index (κ2) is 18.9. The van der Waals surface area contributed by atoms with E-state index in [-0.39, 0.29) is 23.3 Å². The molecule has 0 aliphatic carbocycles. The third-order valence-corrected chi connectivity index (χ3v) is 9.32. The number of piperidine rings is 1. The Morgan fingerprint density at radius 3 is 2.40 bits per heavy atom. The van der Waals surface area contributed by atoms with Crippen LogP contribution in [-0.4, -0.2) is 78.0 Å². The minimum Gasteiger partial charge on any atom is -0.493 e. The Kier molecular flexibility index (Phi) is 13.8. The Morgan fingerprint density at radius 2 is 1.67 bits per heavy atom. The molecule has 11 heteroatoms. The molecule has 0 radical (unpaired) electrons. The molecule has 0 unspecified atom stereocenters. The summed E-state index contributed by atoms with van der Waals surface area (Å²) in [4.78, 5) is 39.9. The topological polar surface area (TPSA) is 118 Å². The van der Waals surface area contributed by atoms with Crippen LogP contribution in [0.5, 0.6) is 23.1 Å². The van der Waals surface area contributed by atoms with E-state index < -0.39 is 5.91 Å². The largest absolute Gasteiger partial charge is 0.493 e. The van der Waals surface area contributed by atoms with Gasteiger partial charge in [-0.3, -0.25) is 9.59 Å². The van der Waals surface area contributed by atoms with Crippen molar-refractivity contribution in [2.24, 2.45) is 0 Å². The lowest BCUT2D eigenvalue weighted by Crippen LogP contribution is -2.31. The molecule has 0 bridgehead atoms. The number of rotatable bonds is 17. The zero-order valence-electron chi connectivity index (χ0n) is 31.2. The van der Waals surface area contributed by atoms with Crippen LogP contribution >= 0.6 is 0 Å². The number of carbonyl (C=O) groups is 2. The highest BCUT2D eigenvalue weighted by molar-refractivity contribution is 6.06. The van der Waals surface area contributed by atoms with E-state index in [2.05, 4.69) is 25.5 Å². The summed E-state index contributed by atoms with van der Waals surface area (Å²) in [6, 6.07) is 19.0. The second-order valence-corrected chi connectivity index (χ2v) is 13.0. The van der Waals surface area contributed by atoms with Gasteiger partial charge in [-0.15, -0.1) is 0 Å². The Balaban J connectivity index is 1.35. The first-order valence-electron chi connectivity index (χ1n) is 18.4. The van der Waals surface area contributed by atoms with Crippen LogP contribution in [0, 0.1) is 13.8 Å². The van der Waals surface area contributed by atoms with E-state index in [1.54, 1.807) is 13.2 Å². The van der Waals surface area contributed by atoms with Gasteiger partial charge in [0.2, 0.25) is 17.7 Å². The summed E-state index contributed by atoms with van der Waals surface area (Å²) in [6.45, 7) is 13.2. The van der Waals surface area contributed by atoms with Gasteiger partial charge in [-0.25, -0.2) is 4.98 Å². The molecule has 1 fully saturated rings. The molecular weight excluding hydrogens is 656 g/mol. The summed E-state index contributed by atoms with van der Waals surface area (Å²) < 4.78 is 18.1. The third-order valence-electron chi connectivity index (χ3n) is 9.32. The van der Waals surface area contributed by atoms with Gasteiger partial charge in [0, 0.05) is 49.7 Å². The molecule has 5 rings (SSSR count). The maximum Gasteiger partial charge on any atom is 0.262 e. The zero-order valence-corrected chi connectivity index (χ0v) is 31.2. The van der Waals surface area contributed by atoms with Gasteiger partial charge in [0.05, 0.1) is 13.7 Å². The summed E-state index contributed by atoms with van der Waals surface area (Å²) in [5.41, 5.74) is 4.38. The fourth-order valence-electron chi connectivity index (χ4n) is 6.35. The number of nitrogens with zero attached hydrogens (tertiary/aromatic N) is 4. The summed E-state index contributed by atoms with van der Waals surface area (Å²) in [5, 5.41) is 6.26. The molecule has 11 nitrogen and oxygen atoms in total. The van der Waals surface area contributed by atoms with Gasteiger partial charge in [0.15, 0.2) is 11.5 Å². The highest BCUT2D eigenvalue weighted by atomic mass is 16.5. The van der Waals surface area contributed by atoms with Crippen molar-refractivity contribution >= 4 is 29.1 Å². The van der Waals surface area contributed by atoms with Crippen molar-refractivity contribution < 1.29 is 23.8 Å². The molecule has 2 amide bonds. The van der Waals surface area contributed by atoms with Crippen LogP contribution in [-0.2, 0) is 11.2 Å². The monoisotopic (exact) mass is 708 g/mol. The number of anilines is 3. The van der Waals surface area contributed by atoms with Crippen molar-refractivity contribution in [3.8, 4) is 23.1 Å². The van der Waals surface area contributed by atoms with Gasteiger partial charge >= 0.3 is 0 Å². The predicted octanol–water partition coefficient (Wildman–Crippen LogP) is 7.95. The van der Waals surface area contributed by atoms with Crippen LogP contribution < -0.4 is 24.8 Å². The summed E-state index contributed by atoms with van der Waals surface area (Å²) >= 11 is 0. The lowest BCUT2D eigenvalue weighted by Gasteiger charge is -2.26. The number of aryl methyl sites for hydroxylation is 3. The number of nitrogens with one attached hydrogen (secondary N) is 2. The molecule has 0 saturated carbocycles. The molecular formula is C41H52N6O5. The molecule has 1 aromatic heterocycles. The highest BCUT2D eigenvalue weighted by Gasteiger charge is 2.21. The van der Waals surface area contributed by atoms with Crippen molar-refractivity contribution in [2.75, 3.05) is 57.1 Å². The van der Waals surface area contributed by atoms with Crippen molar-refractivity contribution in [3.63, 3.8) is 0 Å². The van der Waals surface area contributed by atoms with Gasteiger partial charge < -0.3 is 34.6 Å². The van der Waals surface area contributed by atoms with Crippen molar-refractivity contribution in [1.29, 1.82) is 0 Å². The number of benzene rings is 3. The standard InChI is InChI=1S/C41H52N6O5/c1-6-47(7-2)37(48)21-19-31-18-20-35(36(26-31)50-5)52-40-34(39(49)44-38-29(3)14-11-15-30(38)4)28-42-41(45-40)43-32-16-12-17-33(27-32)51-25-13-24-46-22-9-8-10-23-46/h11-12,14-18,20,26-28H,6-10,13,19,21-25H2,1-5H3,(H,44,49)(H,42,43,45). The number of carbonyl (C=O) groups excluding carboxylic acids is 2. The number of aromatic nitrogens is 2. The number of hydrogen-bond donors (Lipinski definition) is 2. The molecule has 3 aromatic carbocycles. The summed E-state index contributed by atoms with van der Waals surface area (Å²) in [5.74, 6) is 1.55. The van der Waals surface area contributed by atoms with Gasteiger partial charge in [0.25, 0.3) is 5.91 Å². The molecule has 2 heterocycles. The Labute approximate surface area is 307 Å². The fourth-order valence-corrected chi connectivity index (χ4v) is 6.35. The molecule has 0 atom stereocenters. The van der Waals surface area contributed by atoms with Crippen molar-refractivity contribution in [2.45, 2.75) is 66.2 Å². The summed E-state index contributed by atoms with van der Waals surface area (Å²) in [6.07, 6.45) is 7.25. The van der Waals surface area contributed by atoms with Gasteiger partial charge in [-0.05, 0) is 107 Å². The predicted molar refractivity (Wildman–Crippen MR) is 205 cm³/mol. The maximum atomic E-state index is 13.8. The lowest BCUT2D eigenvalue weighted by molar-refractivity contribution is -0.130. The quantitative estimate of drug-likeness (QED) is 0.105. The van der Waals surface area contributed by atoms with Gasteiger partial charge in [-0.1, -0.05) is 36.8 Å². The first kappa shape index (κ1) is 38.1. The van der Waals surface area contributed by atoms with E-state index in [0.717, 1.165) is 46.8 Å². The molecule has 0 spiro atoms. The lowest BCUT2D eigenvalue weighted by atomic mass is 10.1. The van der Waals surface area contributed by atoms with Crippen LogP contribution in [0.4, 0.5) is 17.3 Å². The van der Waals surface area contributed by atoms with E-state index in [0.29, 0.717) is 44.0 Å². The maximum absolute atomic E-state index is 13.8. The Bertz CT molecular complexity index is 1780. The van der Waals surface area contributed by atoms with Crippen LogP contribution in [0.25, 0.3) is 0 Å². The number of methoxy groups -OCH3 is 1. The number of amides is 2. The minimum absolute atomic E-state index is 0.0501. The molecule has 1 aliphatic heterocycles. The average molecular weight is 709 g/mol. The van der Waals surface area contributed by atoms with Crippen LogP contribution in [0.1, 0.15) is 73.0 Å². The van der Waals surface area contributed by atoms with Crippen LogP contribution in [0.2, 0.25) is 0 Å². The normalized spacial score (nSPS) is 12.9. The molecule has 276 valence electrons. The number of hydrogen-bond acceptors (Lipinski definition) is 9. The average Bonchev–Trinajstić information content (AvgIpc) is 3.15. The molecule has 1 saturated heterocycles. The molecule has 1 aliphatic rings. The number of likely N-dealkylation sites (tertiary alicyclic amines) is 1. The van der Waals surface area contributed by atoms with Gasteiger partial charge in [-0.2, -0.15) is 4.98 Å². The van der Waals surface area contributed by atoms with E-state index >= 15 is 0 Å². The number of para-hydroxylation sites is 1. The van der Waals surface area contributed by atoms with E-state index in [1.165, 1.54) is 38.5 Å². The van der Waals surface area contributed by atoms with Crippen LogP contribution in [0.15, 0.2) is 66.9 Å². The smallest absolute Gasteiger partial charge is 0.262 e. The van der Waals surface area contributed by atoms with E-state index in [4.69, 9.17) is 14.2 Å².